The fourth-order valence-electron chi connectivity index (χ4n) is 2.10. The molecule has 2 aromatic carbocycles. The molecular formula is C16H11ClFNO. The number of aromatic nitrogens is 1. The Labute approximate surface area is 120 Å². The second-order valence-electron chi connectivity index (χ2n) is 4.36. The Morgan fingerprint density at radius 2 is 1.85 bits per heavy atom. The highest BCUT2D eigenvalue weighted by Crippen LogP contribution is 2.31. The maximum Gasteiger partial charge on any atom is 0.167 e. The van der Waals surface area contributed by atoms with Crippen LogP contribution in [0.4, 0.5) is 4.39 Å². The van der Waals surface area contributed by atoms with Gasteiger partial charge >= 0.3 is 0 Å². The molecule has 1 aromatic heterocycles. The van der Waals surface area contributed by atoms with E-state index in [1.165, 1.54) is 13.2 Å². The first-order valence-electron chi connectivity index (χ1n) is 6.08. The molecule has 0 N–H and O–H groups in total. The summed E-state index contributed by atoms with van der Waals surface area (Å²) < 4.78 is 18.7. The van der Waals surface area contributed by atoms with Crippen molar-refractivity contribution in [2.45, 2.75) is 0 Å². The summed E-state index contributed by atoms with van der Waals surface area (Å²) in [5, 5.41) is 1.19. The van der Waals surface area contributed by atoms with Gasteiger partial charge in [0.15, 0.2) is 11.6 Å². The number of rotatable bonds is 2. The lowest BCUT2D eigenvalue weighted by Crippen LogP contribution is -1.92. The second-order valence-corrected chi connectivity index (χ2v) is 4.77. The van der Waals surface area contributed by atoms with Crippen LogP contribution < -0.4 is 4.74 Å². The van der Waals surface area contributed by atoms with Crippen LogP contribution in [0.3, 0.4) is 0 Å². The molecule has 0 spiro atoms. The average Bonchev–Trinajstić information content (AvgIpc) is 2.47. The molecule has 3 aromatic rings. The van der Waals surface area contributed by atoms with Gasteiger partial charge in [0.2, 0.25) is 0 Å². The highest BCUT2D eigenvalue weighted by Gasteiger charge is 2.11. The smallest absolute Gasteiger partial charge is 0.167 e. The number of fused-ring (bicyclic) bond motifs is 1. The molecule has 4 heteroatoms. The fourth-order valence-corrected chi connectivity index (χ4v) is 2.35. The molecule has 2 nitrogen and oxygen atoms in total. The van der Waals surface area contributed by atoms with Crippen molar-refractivity contribution in [3.63, 3.8) is 0 Å². The fraction of sp³-hybridized carbons (Fsp3) is 0.0625. The summed E-state index contributed by atoms with van der Waals surface area (Å²) in [5.74, 6) is -0.289. The van der Waals surface area contributed by atoms with E-state index in [4.69, 9.17) is 16.3 Å². The Morgan fingerprint density at radius 1 is 1.10 bits per heavy atom. The number of hydrogen-bond acceptors (Lipinski definition) is 2. The molecule has 20 heavy (non-hydrogen) atoms. The molecule has 3 rings (SSSR count). The van der Waals surface area contributed by atoms with Crippen molar-refractivity contribution in [3.8, 4) is 17.0 Å². The van der Waals surface area contributed by atoms with Crippen molar-refractivity contribution in [2.75, 3.05) is 7.11 Å². The van der Waals surface area contributed by atoms with E-state index in [1.807, 2.05) is 30.3 Å². The third kappa shape index (κ3) is 2.21. The number of halogens is 2. The van der Waals surface area contributed by atoms with E-state index in [9.17, 15) is 4.39 Å². The van der Waals surface area contributed by atoms with Crippen LogP contribution in [0, 0.1) is 5.82 Å². The largest absolute Gasteiger partial charge is 0.494 e. The molecule has 0 amide bonds. The number of methoxy groups -OCH3 is 1. The summed E-state index contributed by atoms with van der Waals surface area (Å²) in [6.45, 7) is 0. The van der Waals surface area contributed by atoms with Crippen molar-refractivity contribution in [1.82, 2.24) is 4.98 Å². The summed E-state index contributed by atoms with van der Waals surface area (Å²) in [7, 11) is 1.42. The maximum absolute atomic E-state index is 13.8. The normalized spacial score (nSPS) is 10.8. The van der Waals surface area contributed by atoms with E-state index < -0.39 is 5.82 Å². The van der Waals surface area contributed by atoms with Gasteiger partial charge in [-0.25, -0.2) is 9.37 Å². The lowest BCUT2D eigenvalue weighted by molar-refractivity contribution is 0.387. The molecular weight excluding hydrogens is 277 g/mol. The summed E-state index contributed by atoms with van der Waals surface area (Å²) in [4.78, 5) is 4.46. The van der Waals surface area contributed by atoms with Crippen molar-refractivity contribution in [2.24, 2.45) is 0 Å². The predicted octanol–water partition coefficient (Wildman–Crippen LogP) is 4.70. The van der Waals surface area contributed by atoms with Crippen LogP contribution in [-0.4, -0.2) is 12.1 Å². The first kappa shape index (κ1) is 12.9. The third-order valence-corrected chi connectivity index (χ3v) is 3.41. The zero-order valence-corrected chi connectivity index (χ0v) is 11.5. The molecule has 0 radical (unpaired) electrons. The molecule has 0 atom stereocenters. The van der Waals surface area contributed by atoms with Crippen LogP contribution in [-0.2, 0) is 0 Å². The van der Waals surface area contributed by atoms with E-state index >= 15 is 0 Å². The second kappa shape index (κ2) is 5.10. The van der Waals surface area contributed by atoms with Crippen molar-refractivity contribution in [1.29, 1.82) is 0 Å². The summed E-state index contributed by atoms with van der Waals surface area (Å²) in [5.41, 5.74) is 2.16. The van der Waals surface area contributed by atoms with Gasteiger partial charge in [0.05, 0.1) is 23.3 Å². The highest BCUT2D eigenvalue weighted by molar-refractivity contribution is 6.35. The van der Waals surface area contributed by atoms with Crippen molar-refractivity contribution in [3.05, 3.63) is 59.4 Å². The van der Waals surface area contributed by atoms with Gasteiger partial charge in [0, 0.05) is 17.0 Å². The van der Waals surface area contributed by atoms with Crippen LogP contribution in [0.5, 0.6) is 5.75 Å². The Bertz CT molecular complexity index is 774. The first-order valence-corrected chi connectivity index (χ1v) is 6.46. The van der Waals surface area contributed by atoms with Crippen LogP contribution >= 0.6 is 11.6 Å². The third-order valence-electron chi connectivity index (χ3n) is 3.10. The minimum Gasteiger partial charge on any atom is -0.494 e. The number of pyridine rings is 1. The standard InChI is InChI=1S/C16H11ClFNO/c1-20-16-7-11-12(17)8-14(10-5-3-2-4-6-10)19-15(11)9-13(16)18/h2-9H,1H3. The molecule has 0 aliphatic rings. The zero-order valence-electron chi connectivity index (χ0n) is 10.7. The van der Waals surface area contributed by atoms with Crippen LogP contribution in [0.25, 0.3) is 22.2 Å². The van der Waals surface area contributed by atoms with Crippen LogP contribution in [0.2, 0.25) is 5.02 Å². The molecule has 0 aliphatic heterocycles. The summed E-state index contributed by atoms with van der Waals surface area (Å²) in [6, 6.07) is 14.3. The SMILES string of the molecule is COc1cc2c(Cl)cc(-c3ccccc3)nc2cc1F. The van der Waals surface area contributed by atoms with Gasteiger partial charge in [-0.05, 0) is 12.1 Å². The first-order chi connectivity index (χ1) is 9.69. The summed E-state index contributed by atoms with van der Waals surface area (Å²) in [6.07, 6.45) is 0. The molecule has 0 fully saturated rings. The van der Waals surface area contributed by atoms with Gasteiger partial charge in [-0.3, -0.25) is 0 Å². The van der Waals surface area contributed by atoms with Gasteiger partial charge in [0.1, 0.15) is 0 Å². The van der Waals surface area contributed by atoms with E-state index in [0.717, 1.165) is 5.56 Å². The van der Waals surface area contributed by atoms with Gasteiger partial charge in [-0.1, -0.05) is 41.9 Å². The van der Waals surface area contributed by atoms with Gasteiger partial charge in [0.25, 0.3) is 0 Å². The van der Waals surface area contributed by atoms with E-state index in [-0.39, 0.29) is 5.75 Å². The molecule has 0 saturated heterocycles. The molecule has 0 saturated carbocycles. The van der Waals surface area contributed by atoms with E-state index in [0.29, 0.717) is 21.6 Å². The van der Waals surface area contributed by atoms with E-state index in [1.54, 1.807) is 12.1 Å². The Morgan fingerprint density at radius 3 is 2.55 bits per heavy atom. The topological polar surface area (TPSA) is 22.1 Å². The van der Waals surface area contributed by atoms with Gasteiger partial charge in [-0.15, -0.1) is 0 Å². The zero-order chi connectivity index (χ0) is 14.1. The van der Waals surface area contributed by atoms with Crippen molar-refractivity contribution >= 4 is 22.5 Å². The van der Waals surface area contributed by atoms with Gasteiger partial charge in [-0.2, -0.15) is 0 Å². The highest BCUT2D eigenvalue weighted by atomic mass is 35.5. The Kier molecular flexibility index (Phi) is 3.28. The molecule has 0 aliphatic carbocycles. The predicted molar refractivity (Wildman–Crippen MR) is 78.7 cm³/mol. The number of benzene rings is 2. The maximum atomic E-state index is 13.8. The van der Waals surface area contributed by atoms with Gasteiger partial charge < -0.3 is 4.74 Å². The lowest BCUT2D eigenvalue weighted by atomic mass is 10.1. The number of nitrogens with zero attached hydrogens (tertiary/aromatic N) is 1. The van der Waals surface area contributed by atoms with Crippen molar-refractivity contribution < 1.29 is 9.13 Å². The number of hydrogen-bond donors (Lipinski definition) is 0. The minimum absolute atomic E-state index is 0.161. The average molecular weight is 288 g/mol. The monoisotopic (exact) mass is 287 g/mol. The summed E-state index contributed by atoms with van der Waals surface area (Å²) >= 11 is 6.28. The van der Waals surface area contributed by atoms with E-state index in [2.05, 4.69) is 4.98 Å². The number of ether oxygens (including phenoxy) is 1. The quantitative estimate of drug-likeness (QED) is 0.681. The van der Waals surface area contributed by atoms with Crippen LogP contribution in [0.15, 0.2) is 48.5 Å². The Hall–Kier alpha value is -2.13. The lowest BCUT2D eigenvalue weighted by Gasteiger charge is -2.08. The van der Waals surface area contributed by atoms with Crippen LogP contribution in [0.1, 0.15) is 0 Å². The minimum atomic E-state index is -0.450. The Balaban J connectivity index is 2.24. The molecule has 1 heterocycles. The molecule has 0 unspecified atom stereocenters. The molecule has 0 bridgehead atoms. The molecule has 100 valence electrons.